The fourth-order valence-corrected chi connectivity index (χ4v) is 3.25. The van der Waals surface area contributed by atoms with Crippen LogP contribution in [0.25, 0.3) is 0 Å². The number of carbonyl (C=O) groups is 1. The van der Waals surface area contributed by atoms with Crippen molar-refractivity contribution < 1.29 is 9.90 Å². The van der Waals surface area contributed by atoms with Crippen LogP contribution in [-0.4, -0.2) is 37.3 Å². The topological polar surface area (TPSA) is 61.4 Å². The van der Waals surface area contributed by atoms with Crippen LogP contribution < -0.4 is 10.6 Å². The first-order valence-electron chi connectivity index (χ1n) is 7.40. The summed E-state index contributed by atoms with van der Waals surface area (Å²) in [6, 6.07) is 0. The van der Waals surface area contributed by atoms with Crippen molar-refractivity contribution >= 4 is 5.91 Å². The quantitative estimate of drug-likeness (QED) is 0.698. The third-order valence-electron chi connectivity index (χ3n) is 4.51. The lowest BCUT2D eigenvalue weighted by Crippen LogP contribution is -2.43. The van der Waals surface area contributed by atoms with E-state index in [9.17, 15) is 9.90 Å². The van der Waals surface area contributed by atoms with Gasteiger partial charge in [0.1, 0.15) is 0 Å². The van der Waals surface area contributed by atoms with Crippen molar-refractivity contribution in [3.63, 3.8) is 0 Å². The van der Waals surface area contributed by atoms with Crippen LogP contribution in [0.4, 0.5) is 0 Å². The highest BCUT2D eigenvalue weighted by atomic mass is 16.3. The average Bonchev–Trinajstić information content (AvgIpc) is 2.46. The van der Waals surface area contributed by atoms with E-state index in [2.05, 4.69) is 10.6 Å². The molecule has 3 atom stereocenters. The van der Waals surface area contributed by atoms with Crippen molar-refractivity contribution in [2.45, 2.75) is 38.5 Å². The van der Waals surface area contributed by atoms with E-state index in [4.69, 9.17) is 0 Å². The zero-order valence-corrected chi connectivity index (χ0v) is 11.2. The van der Waals surface area contributed by atoms with E-state index in [1.807, 2.05) is 0 Å². The van der Waals surface area contributed by atoms with E-state index in [0.29, 0.717) is 11.8 Å². The van der Waals surface area contributed by atoms with E-state index in [-0.39, 0.29) is 18.4 Å². The van der Waals surface area contributed by atoms with Gasteiger partial charge in [0.25, 0.3) is 0 Å². The van der Waals surface area contributed by atoms with E-state index >= 15 is 0 Å². The van der Waals surface area contributed by atoms with Crippen LogP contribution in [0.15, 0.2) is 0 Å². The van der Waals surface area contributed by atoms with Gasteiger partial charge in [-0.3, -0.25) is 4.79 Å². The molecular formula is C14H26N2O2. The standard InChI is InChI=1S/C14H26N2O2/c17-10-13-5-2-1-4-11(13)9-16-14(18)12-6-3-7-15-8-12/h11-13,15,17H,1-10H2,(H,16,18)/t11?,12-,13?/m0/s1. The second kappa shape index (κ2) is 7.10. The molecule has 18 heavy (non-hydrogen) atoms. The van der Waals surface area contributed by atoms with Crippen molar-refractivity contribution in [2.24, 2.45) is 17.8 Å². The first kappa shape index (κ1) is 13.8. The molecule has 0 aromatic rings. The average molecular weight is 254 g/mol. The molecule has 4 nitrogen and oxygen atoms in total. The summed E-state index contributed by atoms with van der Waals surface area (Å²) in [7, 11) is 0. The normalized spacial score (nSPS) is 33.1. The summed E-state index contributed by atoms with van der Waals surface area (Å²) in [4.78, 5) is 12.0. The van der Waals surface area contributed by atoms with Crippen molar-refractivity contribution in [1.82, 2.24) is 10.6 Å². The van der Waals surface area contributed by atoms with Crippen LogP contribution in [0, 0.1) is 17.8 Å². The largest absolute Gasteiger partial charge is 0.396 e. The Kier molecular flexibility index (Phi) is 5.45. The van der Waals surface area contributed by atoms with Crippen molar-refractivity contribution in [1.29, 1.82) is 0 Å². The molecule has 1 amide bonds. The summed E-state index contributed by atoms with van der Waals surface area (Å²) in [5, 5.41) is 15.7. The van der Waals surface area contributed by atoms with Crippen LogP contribution in [0.1, 0.15) is 38.5 Å². The van der Waals surface area contributed by atoms with Gasteiger partial charge < -0.3 is 15.7 Å². The van der Waals surface area contributed by atoms with Gasteiger partial charge in [0.15, 0.2) is 0 Å². The lowest BCUT2D eigenvalue weighted by molar-refractivity contribution is -0.125. The van der Waals surface area contributed by atoms with Gasteiger partial charge in [-0.25, -0.2) is 0 Å². The highest BCUT2D eigenvalue weighted by molar-refractivity contribution is 5.78. The van der Waals surface area contributed by atoms with Crippen LogP contribution >= 0.6 is 0 Å². The zero-order valence-electron chi connectivity index (χ0n) is 11.2. The summed E-state index contributed by atoms with van der Waals surface area (Å²) < 4.78 is 0. The number of nitrogens with one attached hydrogen (secondary N) is 2. The number of rotatable bonds is 4. The molecule has 1 saturated carbocycles. The third kappa shape index (κ3) is 3.69. The van der Waals surface area contributed by atoms with Gasteiger partial charge >= 0.3 is 0 Å². The smallest absolute Gasteiger partial charge is 0.224 e. The van der Waals surface area contributed by atoms with Gasteiger partial charge in [0.2, 0.25) is 5.91 Å². The van der Waals surface area contributed by atoms with E-state index in [1.54, 1.807) is 0 Å². The van der Waals surface area contributed by atoms with Crippen molar-refractivity contribution in [3.05, 3.63) is 0 Å². The van der Waals surface area contributed by atoms with Crippen molar-refractivity contribution in [3.8, 4) is 0 Å². The lowest BCUT2D eigenvalue weighted by Gasteiger charge is -2.31. The maximum atomic E-state index is 12.0. The minimum atomic E-state index is 0.148. The molecule has 2 unspecified atom stereocenters. The second-order valence-corrected chi connectivity index (χ2v) is 5.78. The maximum Gasteiger partial charge on any atom is 0.224 e. The van der Waals surface area contributed by atoms with Gasteiger partial charge in [0, 0.05) is 19.7 Å². The Hall–Kier alpha value is -0.610. The first-order chi connectivity index (χ1) is 8.81. The number of aliphatic hydroxyl groups is 1. The van der Waals surface area contributed by atoms with Gasteiger partial charge in [0.05, 0.1) is 5.92 Å². The molecule has 0 spiro atoms. The molecule has 2 rings (SSSR count). The highest BCUT2D eigenvalue weighted by Gasteiger charge is 2.26. The molecule has 2 aliphatic rings. The Morgan fingerprint density at radius 3 is 2.61 bits per heavy atom. The number of carbonyl (C=O) groups excluding carboxylic acids is 1. The Morgan fingerprint density at radius 2 is 1.94 bits per heavy atom. The molecule has 0 aromatic heterocycles. The molecule has 1 saturated heterocycles. The predicted molar refractivity (Wildman–Crippen MR) is 71.1 cm³/mol. The van der Waals surface area contributed by atoms with Gasteiger partial charge in [-0.1, -0.05) is 12.8 Å². The summed E-state index contributed by atoms with van der Waals surface area (Å²) >= 11 is 0. The van der Waals surface area contributed by atoms with Gasteiger partial charge in [-0.05, 0) is 44.1 Å². The van der Waals surface area contributed by atoms with E-state index in [0.717, 1.165) is 45.3 Å². The minimum absolute atomic E-state index is 0.148. The third-order valence-corrected chi connectivity index (χ3v) is 4.51. The van der Waals surface area contributed by atoms with E-state index < -0.39 is 0 Å². The monoisotopic (exact) mass is 254 g/mol. The Labute approximate surface area is 110 Å². The molecular weight excluding hydrogens is 228 g/mol. The molecule has 104 valence electrons. The van der Waals surface area contributed by atoms with E-state index in [1.165, 1.54) is 12.8 Å². The summed E-state index contributed by atoms with van der Waals surface area (Å²) in [5.74, 6) is 1.21. The predicted octanol–water partition coefficient (Wildman–Crippen LogP) is 0.901. The molecule has 1 aliphatic heterocycles. The highest BCUT2D eigenvalue weighted by Crippen LogP contribution is 2.29. The number of amides is 1. The number of hydrogen-bond donors (Lipinski definition) is 3. The van der Waals surface area contributed by atoms with Crippen LogP contribution in [0.5, 0.6) is 0 Å². The summed E-state index contributed by atoms with van der Waals surface area (Å²) in [6.07, 6.45) is 6.83. The summed E-state index contributed by atoms with van der Waals surface area (Å²) in [6.45, 7) is 2.88. The second-order valence-electron chi connectivity index (χ2n) is 5.78. The Bertz CT molecular complexity index is 265. The fourth-order valence-electron chi connectivity index (χ4n) is 3.25. The molecule has 0 radical (unpaired) electrons. The molecule has 3 N–H and O–H groups in total. The first-order valence-corrected chi connectivity index (χ1v) is 7.40. The summed E-state index contributed by atoms with van der Waals surface area (Å²) in [5.41, 5.74) is 0. The van der Waals surface area contributed by atoms with Crippen molar-refractivity contribution in [2.75, 3.05) is 26.2 Å². The van der Waals surface area contributed by atoms with Crippen LogP contribution in [0.3, 0.4) is 0 Å². The number of aliphatic hydroxyl groups excluding tert-OH is 1. The Balaban J connectivity index is 1.73. The van der Waals surface area contributed by atoms with Gasteiger partial charge in [-0.2, -0.15) is 0 Å². The molecule has 0 aromatic carbocycles. The Morgan fingerprint density at radius 1 is 1.17 bits per heavy atom. The lowest BCUT2D eigenvalue weighted by atomic mass is 9.79. The molecule has 2 fully saturated rings. The molecule has 1 heterocycles. The minimum Gasteiger partial charge on any atom is -0.396 e. The van der Waals surface area contributed by atoms with Crippen LogP contribution in [0.2, 0.25) is 0 Å². The fraction of sp³-hybridized carbons (Fsp3) is 0.929. The molecule has 4 heteroatoms. The molecule has 1 aliphatic carbocycles. The van der Waals surface area contributed by atoms with Crippen LogP contribution in [-0.2, 0) is 4.79 Å². The maximum absolute atomic E-state index is 12.0. The molecule has 0 bridgehead atoms. The number of piperidine rings is 1. The zero-order chi connectivity index (χ0) is 12.8. The number of hydrogen-bond acceptors (Lipinski definition) is 3. The van der Waals surface area contributed by atoms with Gasteiger partial charge in [-0.15, -0.1) is 0 Å². The SMILES string of the molecule is O=C(NCC1CCCCC1CO)[C@H]1CCCNC1.